The van der Waals surface area contributed by atoms with E-state index in [2.05, 4.69) is 20.7 Å². The standard InChI is InChI=1S/C21H26FN5O2/c1-13(28)25-15-6-4-5-14(9-15)21(29)26-20-10-16(18(22)12-23-20)17-11-24-27-8-3-2-7-19(17)27/h10-12,14-15H,2-9H2,1H3,(H,25,28)(H,23,26,29). The Morgan fingerprint density at radius 1 is 1.17 bits per heavy atom. The highest BCUT2D eigenvalue weighted by molar-refractivity contribution is 5.92. The summed E-state index contributed by atoms with van der Waals surface area (Å²) in [6.45, 7) is 2.34. The molecular weight excluding hydrogens is 373 g/mol. The van der Waals surface area contributed by atoms with Crippen LogP contribution >= 0.6 is 0 Å². The van der Waals surface area contributed by atoms with Crippen LogP contribution in [0.1, 0.15) is 51.1 Å². The number of rotatable bonds is 4. The maximum atomic E-state index is 14.5. The van der Waals surface area contributed by atoms with E-state index in [9.17, 15) is 14.0 Å². The average molecular weight is 399 g/mol. The van der Waals surface area contributed by atoms with E-state index in [0.717, 1.165) is 62.5 Å². The molecule has 0 bridgehead atoms. The van der Waals surface area contributed by atoms with E-state index in [4.69, 9.17) is 0 Å². The fourth-order valence-electron chi connectivity index (χ4n) is 4.43. The molecule has 29 heavy (non-hydrogen) atoms. The molecule has 2 N–H and O–H groups in total. The Bertz CT molecular complexity index is 926. The van der Waals surface area contributed by atoms with E-state index >= 15 is 0 Å². The van der Waals surface area contributed by atoms with Gasteiger partial charge in [0.15, 0.2) is 0 Å². The Balaban J connectivity index is 1.50. The Morgan fingerprint density at radius 2 is 2.03 bits per heavy atom. The summed E-state index contributed by atoms with van der Waals surface area (Å²) in [7, 11) is 0. The van der Waals surface area contributed by atoms with Crippen LogP contribution in [0.3, 0.4) is 0 Å². The number of anilines is 1. The summed E-state index contributed by atoms with van der Waals surface area (Å²) in [5.74, 6) is -0.496. The minimum absolute atomic E-state index is 0.0210. The second kappa shape index (κ2) is 8.31. The molecule has 0 saturated heterocycles. The average Bonchev–Trinajstić information content (AvgIpc) is 3.13. The monoisotopic (exact) mass is 399 g/mol. The van der Waals surface area contributed by atoms with Crippen LogP contribution < -0.4 is 10.6 Å². The number of carbonyl (C=O) groups excluding carboxylic acids is 2. The second-order valence-corrected chi connectivity index (χ2v) is 7.98. The molecule has 0 spiro atoms. The summed E-state index contributed by atoms with van der Waals surface area (Å²) < 4.78 is 16.4. The molecule has 2 aromatic heterocycles. The van der Waals surface area contributed by atoms with E-state index in [1.807, 2.05) is 4.68 Å². The maximum absolute atomic E-state index is 14.5. The highest BCUT2D eigenvalue weighted by Gasteiger charge is 2.28. The van der Waals surface area contributed by atoms with Crippen molar-refractivity contribution in [1.82, 2.24) is 20.1 Å². The smallest absolute Gasteiger partial charge is 0.228 e. The number of carbonyl (C=O) groups is 2. The first-order valence-electron chi connectivity index (χ1n) is 10.3. The topological polar surface area (TPSA) is 88.9 Å². The van der Waals surface area contributed by atoms with Gasteiger partial charge in [-0.25, -0.2) is 9.37 Å². The molecule has 0 radical (unpaired) electrons. The number of halogens is 1. The molecule has 7 nitrogen and oxygen atoms in total. The molecule has 8 heteroatoms. The summed E-state index contributed by atoms with van der Waals surface area (Å²) in [5, 5.41) is 10.1. The number of aromatic nitrogens is 3. The van der Waals surface area contributed by atoms with E-state index in [1.54, 1.807) is 12.3 Å². The number of nitrogens with one attached hydrogen (secondary N) is 2. The van der Waals surface area contributed by atoms with Crippen LogP contribution in [0.15, 0.2) is 18.5 Å². The van der Waals surface area contributed by atoms with Crippen molar-refractivity contribution >= 4 is 17.6 Å². The zero-order chi connectivity index (χ0) is 20.4. The largest absolute Gasteiger partial charge is 0.354 e. The first-order chi connectivity index (χ1) is 14.0. The van der Waals surface area contributed by atoms with E-state index in [0.29, 0.717) is 17.8 Å². The van der Waals surface area contributed by atoms with Gasteiger partial charge in [-0.1, -0.05) is 6.42 Å². The molecule has 1 saturated carbocycles. The molecule has 0 aromatic carbocycles. The molecule has 1 aliphatic heterocycles. The van der Waals surface area contributed by atoms with Gasteiger partial charge in [-0.05, 0) is 44.6 Å². The number of fused-ring (bicyclic) bond motifs is 1. The molecule has 3 heterocycles. The second-order valence-electron chi connectivity index (χ2n) is 7.98. The van der Waals surface area contributed by atoms with Gasteiger partial charge in [0.25, 0.3) is 0 Å². The van der Waals surface area contributed by atoms with Crippen LogP contribution in [0.4, 0.5) is 10.2 Å². The number of amides is 2. The molecule has 2 unspecified atom stereocenters. The van der Waals surface area contributed by atoms with Gasteiger partial charge in [0.2, 0.25) is 11.8 Å². The van der Waals surface area contributed by atoms with Crippen molar-refractivity contribution in [1.29, 1.82) is 0 Å². The van der Waals surface area contributed by atoms with E-state index in [-0.39, 0.29) is 23.8 Å². The zero-order valence-corrected chi connectivity index (χ0v) is 16.6. The summed E-state index contributed by atoms with van der Waals surface area (Å²) in [6.07, 6.45) is 9.00. The van der Waals surface area contributed by atoms with Gasteiger partial charge in [-0.2, -0.15) is 5.10 Å². The molecule has 4 rings (SSSR count). The van der Waals surface area contributed by atoms with Crippen molar-refractivity contribution in [2.75, 3.05) is 5.32 Å². The van der Waals surface area contributed by atoms with Crippen LogP contribution in [-0.2, 0) is 22.6 Å². The third-order valence-corrected chi connectivity index (χ3v) is 5.83. The lowest BCUT2D eigenvalue weighted by molar-refractivity contribution is -0.123. The Morgan fingerprint density at radius 3 is 2.86 bits per heavy atom. The summed E-state index contributed by atoms with van der Waals surface area (Å²) in [4.78, 5) is 28.1. The Kier molecular flexibility index (Phi) is 5.60. The van der Waals surface area contributed by atoms with Crippen LogP contribution in [0, 0.1) is 11.7 Å². The molecule has 1 fully saturated rings. The van der Waals surface area contributed by atoms with Crippen LogP contribution in [0.25, 0.3) is 11.1 Å². The Labute approximate surface area is 169 Å². The summed E-state index contributed by atoms with van der Waals surface area (Å²) in [5.41, 5.74) is 2.21. The highest BCUT2D eigenvalue weighted by Crippen LogP contribution is 2.31. The lowest BCUT2D eigenvalue weighted by Crippen LogP contribution is -2.40. The lowest BCUT2D eigenvalue weighted by atomic mass is 9.85. The fourth-order valence-corrected chi connectivity index (χ4v) is 4.43. The van der Waals surface area contributed by atoms with Crippen LogP contribution in [0.5, 0.6) is 0 Å². The van der Waals surface area contributed by atoms with Crippen molar-refractivity contribution in [3.05, 3.63) is 30.0 Å². The van der Waals surface area contributed by atoms with Crippen molar-refractivity contribution in [2.24, 2.45) is 5.92 Å². The number of nitrogens with zero attached hydrogens (tertiary/aromatic N) is 3. The normalized spacial score (nSPS) is 21.3. The lowest BCUT2D eigenvalue weighted by Gasteiger charge is -2.28. The molecule has 154 valence electrons. The quantitative estimate of drug-likeness (QED) is 0.827. The molecule has 2 aliphatic rings. The SMILES string of the molecule is CC(=O)NC1CCCC(C(=O)Nc2cc(-c3cnn4c3CCCC4)c(F)cn2)C1. The van der Waals surface area contributed by atoms with E-state index in [1.165, 1.54) is 6.92 Å². The van der Waals surface area contributed by atoms with Crippen LogP contribution in [-0.4, -0.2) is 32.6 Å². The first-order valence-corrected chi connectivity index (χ1v) is 10.3. The van der Waals surface area contributed by atoms with Gasteiger partial charge >= 0.3 is 0 Å². The van der Waals surface area contributed by atoms with Crippen molar-refractivity contribution in [3.63, 3.8) is 0 Å². The minimum Gasteiger partial charge on any atom is -0.354 e. The van der Waals surface area contributed by atoms with Crippen molar-refractivity contribution < 1.29 is 14.0 Å². The number of aryl methyl sites for hydroxylation is 1. The van der Waals surface area contributed by atoms with E-state index < -0.39 is 5.82 Å². The molecule has 2 aromatic rings. The zero-order valence-electron chi connectivity index (χ0n) is 16.6. The Hall–Kier alpha value is -2.77. The van der Waals surface area contributed by atoms with Crippen molar-refractivity contribution in [2.45, 2.75) is 64.5 Å². The number of hydrogen-bond acceptors (Lipinski definition) is 4. The first kappa shape index (κ1) is 19.5. The van der Waals surface area contributed by atoms with Crippen LogP contribution in [0.2, 0.25) is 0 Å². The van der Waals surface area contributed by atoms with Gasteiger partial charge in [0.1, 0.15) is 11.6 Å². The number of pyridine rings is 1. The molecular formula is C21H26FN5O2. The van der Waals surface area contributed by atoms with Gasteiger partial charge < -0.3 is 10.6 Å². The fraction of sp³-hybridized carbons (Fsp3) is 0.524. The third kappa shape index (κ3) is 4.31. The van der Waals surface area contributed by atoms with Gasteiger partial charge in [-0.15, -0.1) is 0 Å². The maximum Gasteiger partial charge on any atom is 0.228 e. The van der Waals surface area contributed by atoms with Gasteiger partial charge in [0.05, 0.1) is 12.4 Å². The van der Waals surface area contributed by atoms with Gasteiger partial charge in [-0.3, -0.25) is 14.3 Å². The third-order valence-electron chi connectivity index (χ3n) is 5.83. The summed E-state index contributed by atoms with van der Waals surface area (Å²) >= 11 is 0. The highest BCUT2D eigenvalue weighted by atomic mass is 19.1. The summed E-state index contributed by atoms with van der Waals surface area (Å²) in [6, 6.07) is 1.61. The van der Waals surface area contributed by atoms with Gasteiger partial charge in [0, 0.05) is 42.2 Å². The molecule has 2 atom stereocenters. The molecule has 2 amide bonds. The number of hydrogen-bond donors (Lipinski definition) is 2. The van der Waals surface area contributed by atoms with Crippen molar-refractivity contribution in [3.8, 4) is 11.1 Å². The predicted molar refractivity (Wildman–Crippen MR) is 107 cm³/mol. The molecule has 1 aliphatic carbocycles. The predicted octanol–water partition coefficient (Wildman–Crippen LogP) is 3.05. The minimum atomic E-state index is -0.423.